The lowest BCUT2D eigenvalue weighted by Crippen LogP contribution is -2.68. The Morgan fingerprint density at radius 2 is 1.59 bits per heavy atom. The molecule has 0 spiro atoms. The second-order valence-corrected chi connectivity index (χ2v) is 17.8. The van der Waals surface area contributed by atoms with Crippen LogP contribution in [0.5, 0.6) is 0 Å². The van der Waals surface area contributed by atoms with Crippen LogP contribution in [0.25, 0.3) is 0 Å². The van der Waals surface area contributed by atoms with Crippen molar-refractivity contribution in [3.05, 3.63) is 35.9 Å². The maximum atomic E-state index is 13.9. The number of carbonyl (C=O) groups excluding carboxylic acids is 2. The van der Waals surface area contributed by atoms with E-state index in [0.717, 1.165) is 5.56 Å². The Kier molecular flexibility index (Phi) is 8.83. The monoisotopic (exact) mass is 562 g/mol. The van der Waals surface area contributed by atoms with Crippen LogP contribution in [-0.2, 0) is 28.2 Å². The number of ether oxygens (including phenoxy) is 4. The fourth-order valence-corrected chi connectivity index (χ4v) is 12.4. The lowest BCUT2D eigenvalue weighted by molar-refractivity contribution is -0.201. The number of rotatable bonds is 9. The third-order valence-electron chi connectivity index (χ3n) is 8.48. The molecule has 0 saturated carbocycles. The third kappa shape index (κ3) is 5.77. The lowest BCUT2D eigenvalue weighted by atomic mass is 9.97. The van der Waals surface area contributed by atoms with Crippen LogP contribution in [0.4, 0.5) is 4.79 Å². The number of nitrogens with zero attached hydrogens (tertiary/aromatic N) is 1. The molecule has 0 aromatic heterocycles. The van der Waals surface area contributed by atoms with E-state index in [1.165, 1.54) is 4.90 Å². The highest BCUT2D eigenvalue weighted by molar-refractivity contribution is 6.77. The molecule has 0 aliphatic carbocycles. The normalized spacial score (nSPS) is 30.3. The van der Waals surface area contributed by atoms with Gasteiger partial charge in [0.25, 0.3) is 0 Å². The topological polar surface area (TPSA) is 95.6 Å². The number of hydrogen-bond donors (Lipinski definition) is 1. The highest BCUT2D eigenvalue weighted by Crippen LogP contribution is 2.44. The van der Waals surface area contributed by atoms with Crippen molar-refractivity contribution in [1.82, 2.24) is 10.2 Å². The minimum atomic E-state index is -2.25. The van der Waals surface area contributed by atoms with Gasteiger partial charge in [0.1, 0.15) is 24.9 Å². The van der Waals surface area contributed by atoms with Crippen molar-refractivity contribution in [3.8, 4) is 0 Å². The molecule has 3 saturated heterocycles. The zero-order valence-electron chi connectivity index (χ0n) is 24.8. The van der Waals surface area contributed by atoms with Crippen molar-refractivity contribution in [2.45, 2.75) is 121 Å². The molecule has 10 heteroatoms. The standard InChI is InChI=1S/C29H46N2O7Si/c1-17(2)39(18(3)4,19(5)6)38-20(7)27-30-26(32)24(25(36-27)23-16-35-29(8,9)37-23)31-22(15-34-28(31)33)21-13-11-10-12-14-21/h10-14,17-20,22-25,27H,15-16H2,1-9H3,(H,30,32)/t20-,22+,23+,24+,25+,27+/m0/s1. The minimum Gasteiger partial charge on any atom is -0.447 e. The van der Waals surface area contributed by atoms with E-state index in [1.54, 1.807) is 0 Å². The Labute approximate surface area is 234 Å². The number of carbonyl (C=O) groups is 2. The molecule has 218 valence electrons. The Balaban J connectivity index is 1.66. The number of benzene rings is 1. The maximum absolute atomic E-state index is 13.9. The molecule has 0 radical (unpaired) electrons. The summed E-state index contributed by atoms with van der Waals surface area (Å²) < 4.78 is 31.1. The summed E-state index contributed by atoms with van der Waals surface area (Å²) in [7, 11) is -2.25. The Morgan fingerprint density at radius 1 is 0.974 bits per heavy atom. The van der Waals surface area contributed by atoms with E-state index in [4.69, 9.17) is 23.4 Å². The van der Waals surface area contributed by atoms with Crippen LogP contribution in [0.3, 0.4) is 0 Å². The molecule has 4 rings (SSSR count). The molecule has 1 aromatic carbocycles. The smallest absolute Gasteiger partial charge is 0.411 e. The Bertz CT molecular complexity index is 996. The zero-order valence-corrected chi connectivity index (χ0v) is 25.8. The van der Waals surface area contributed by atoms with Crippen LogP contribution in [0.2, 0.25) is 16.6 Å². The van der Waals surface area contributed by atoms with Crippen LogP contribution < -0.4 is 5.32 Å². The fraction of sp³-hybridized carbons (Fsp3) is 0.724. The van der Waals surface area contributed by atoms with Gasteiger partial charge in [0.15, 0.2) is 12.0 Å². The molecule has 3 heterocycles. The van der Waals surface area contributed by atoms with Gasteiger partial charge in [0, 0.05) is 0 Å². The average molecular weight is 563 g/mol. The van der Waals surface area contributed by atoms with Gasteiger partial charge in [-0.2, -0.15) is 0 Å². The lowest BCUT2D eigenvalue weighted by Gasteiger charge is -2.48. The van der Waals surface area contributed by atoms with Gasteiger partial charge in [0.05, 0.1) is 18.8 Å². The van der Waals surface area contributed by atoms with Crippen LogP contribution in [0, 0.1) is 0 Å². The predicted octanol–water partition coefficient (Wildman–Crippen LogP) is 5.12. The summed E-state index contributed by atoms with van der Waals surface area (Å²) in [5.41, 5.74) is 2.02. The van der Waals surface area contributed by atoms with E-state index in [1.807, 2.05) is 51.1 Å². The number of amides is 2. The van der Waals surface area contributed by atoms with Crippen molar-refractivity contribution < 1.29 is 33.0 Å². The molecule has 3 aliphatic heterocycles. The van der Waals surface area contributed by atoms with Gasteiger partial charge in [-0.1, -0.05) is 71.9 Å². The number of hydrogen-bond acceptors (Lipinski definition) is 7. The maximum Gasteiger partial charge on any atom is 0.411 e. The van der Waals surface area contributed by atoms with Gasteiger partial charge in [-0.25, -0.2) is 4.79 Å². The SMILES string of the molecule is CC(C)[Si](O[C@@H](C)[C@@H]1NC(=O)[C@H](N2C(=O)OC[C@@H]2c2ccccc2)[C@@H]([C@H]2COC(C)(C)O2)O1)(C(C)C)C(C)C. The van der Waals surface area contributed by atoms with E-state index in [-0.39, 0.29) is 19.1 Å². The molecule has 3 fully saturated rings. The first-order valence-electron chi connectivity index (χ1n) is 14.2. The fourth-order valence-electron chi connectivity index (χ4n) is 6.80. The second kappa shape index (κ2) is 11.5. The number of nitrogens with one attached hydrogen (secondary N) is 1. The summed E-state index contributed by atoms with van der Waals surface area (Å²) in [6.07, 6.45) is -2.99. The summed E-state index contributed by atoms with van der Waals surface area (Å²) >= 11 is 0. The molecule has 0 bridgehead atoms. The summed E-state index contributed by atoms with van der Waals surface area (Å²) in [5, 5.41) is 3.04. The summed E-state index contributed by atoms with van der Waals surface area (Å²) in [4.78, 5) is 28.5. The average Bonchev–Trinajstić information content (AvgIpc) is 3.43. The van der Waals surface area contributed by atoms with Crippen LogP contribution in [0.1, 0.15) is 73.9 Å². The summed E-state index contributed by atoms with van der Waals surface area (Å²) in [5.74, 6) is -1.14. The van der Waals surface area contributed by atoms with Crippen LogP contribution in [0.15, 0.2) is 30.3 Å². The molecular weight excluding hydrogens is 516 g/mol. The van der Waals surface area contributed by atoms with Gasteiger partial charge >= 0.3 is 6.09 Å². The van der Waals surface area contributed by atoms with Gasteiger partial charge in [0.2, 0.25) is 14.2 Å². The van der Waals surface area contributed by atoms with Gasteiger partial charge < -0.3 is 28.7 Å². The Hall–Kier alpha value is -1.98. The Morgan fingerprint density at radius 3 is 2.13 bits per heavy atom. The van der Waals surface area contributed by atoms with Gasteiger partial charge in [-0.15, -0.1) is 0 Å². The van der Waals surface area contributed by atoms with Gasteiger partial charge in [-0.05, 0) is 43.0 Å². The quantitative estimate of drug-likeness (QED) is 0.417. The number of cyclic esters (lactones) is 1. The molecule has 1 N–H and O–H groups in total. The molecule has 0 unspecified atom stereocenters. The first-order valence-corrected chi connectivity index (χ1v) is 16.4. The van der Waals surface area contributed by atoms with Crippen LogP contribution >= 0.6 is 0 Å². The summed E-state index contributed by atoms with van der Waals surface area (Å²) in [6.45, 7) is 19.4. The largest absolute Gasteiger partial charge is 0.447 e. The van der Waals surface area contributed by atoms with E-state index in [0.29, 0.717) is 16.6 Å². The molecule has 2 amide bonds. The van der Waals surface area contributed by atoms with E-state index in [9.17, 15) is 9.59 Å². The first kappa shape index (κ1) is 30.0. The molecule has 3 aliphatic rings. The highest BCUT2D eigenvalue weighted by atomic mass is 28.4. The van der Waals surface area contributed by atoms with E-state index in [2.05, 4.69) is 46.9 Å². The summed E-state index contributed by atoms with van der Waals surface area (Å²) in [6, 6.07) is 8.21. The highest BCUT2D eigenvalue weighted by Gasteiger charge is 2.56. The van der Waals surface area contributed by atoms with Crippen LogP contribution in [-0.4, -0.2) is 74.8 Å². The third-order valence-corrected chi connectivity index (χ3v) is 14.7. The molecule has 39 heavy (non-hydrogen) atoms. The first-order chi connectivity index (χ1) is 18.3. The van der Waals surface area contributed by atoms with Gasteiger partial charge in [-0.3, -0.25) is 9.69 Å². The van der Waals surface area contributed by atoms with Crippen molar-refractivity contribution in [2.75, 3.05) is 13.2 Å². The van der Waals surface area contributed by atoms with E-state index >= 15 is 0 Å². The molecule has 6 atom stereocenters. The molecule has 1 aromatic rings. The van der Waals surface area contributed by atoms with E-state index < -0.39 is 56.8 Å². The van der Waals surface area contributed by atoms with Crippen molar-refractivity contribution in [2.24, 2.45) is 0 Å². The van der Waals surface area contributed by atoms with Crippen molar-refractivity contribution >= 4 is 20.3 Å². The second-order valence-electron chi connectivity index (χ2n) is 12.4. The molecular formula is C29H46N2O7Si. The van der Waals surface area contributed by atoms with Crippen molar-refractivity contribution in [1.29, 1.82) is 0 Å². The zero-order chi connectivity index (χ0) is 28.7. The predicted molar refractivity (Wildman–Crippen MR) is 149 cm³/mol. The minimum absolute atomic E-state index is 0.154. The molecule has 9 nitrogen and oxygen atoms in total. The van der Waals surface area contributed by atoms with Crippen molar-refractivity contribution in [3.63, 3.8) is 0 Å².